The summed E-state index contributed by atoms with van der Waals surface area (Å²) in [6.45, 7) is 1.49. The molecule has 27 heteroatoms. The van der Waals surface area contributed by atoms with Crippen LogP contribution in [0.15, 0.2) is 99.3 Å². The maximum Gasteiger partial charge on any atom is 0.246 e. The van der Waals surface area contributed by atoms with Gasteiger partial charge >= 0.3 is 0 Å². The number of carbonyl (C=O) groups is 11. The number of Topliss-reactive ketones (excluding diaryl/α,β-unsaturated/α-hetero) is 1. The van der Waals surface area contributed by atoms with E-state index in [4.69, 9.17) is 11.5 Å². The van der Waals surface area contributed by atoms with Crippen molar-refractivity contribution in [2.45, 2.75) is 170 Å². The predicted octanol–water partition coefficient (Wildman–Crippen LogP) is 0.178. The molecule has 8 rings (SSSR count). The molecule has 0 bridgehead atoms. The number of para-hydroxylation sites is 1. The molecule has 2 aromatic carbocycles. The number of nitrogens with zero attached hydrogens (tertiary/aromatic N) is 5. The summed E-state index contributed by atoms with van der Waals surface area (Å²) in [5, 5.41) is 22.8. The Bertz CT molecular complexity index is 3320. The lowest BCUT2D eigenvalue weighted by Crippen LogP contribution is -2.61. The van der Waals surface area contributed by atoms with Crippen LogP contribution in [-0.4, -0.2) is 179 Å². The van der Waals surface area contributed by atoms with Gasteiger partial charge in [0.1, 0.15) is 60.2 Å². The number of guanidine groups is 1. The minimum Gasteiger partial charge on any atom is -0.370 e. The van der Waals surface area contributed by atoms with Crippen molar-refractivity contribution in [3.8, 4) is 0 Å². The number of fused-ring (bicyclic) bond motifs is 1. The number of allylic oxidation sites excluding steroid dienone is 2. The van der Waals surface area contributed by atoms with Crippen molar-refractivity contribution in [1.82, 2.24) is 57.3 Å². The number of H-pyrrole nitrogens is 1. The van der Waals surface area contributed by atoms with Gasteiger partial charge in [0.05, 0.1) is 0 Å². The number of benzene rings is 2. The molecule has 0 aliphatic carbocycles. The lowest BCUT2D eigenvalue weighted by molar-refractivity contribution is -0.148. The lowest BCUT2D eigenvalue weighted by Gasteiger charge is -2.33. The molecule has 90 heavy (non-hydrogen) atoms. The summed E-state index contributed by atoms with van der Waals surface area (Å²) in [6, 6.07) is 4.57. The molecule has 0 spiro atoms. The van der Waals surface area contributed by atoms with E-state index in [-0.39, 0.29) is 103 Å². The predicted molar refractivity (Wildman–Crippen MR) is 334 cm³/mol. The molecule has 5 aliphatic heterocycles. The van der Waals surface area contributed by atoms with Crippen molar-refractivity contribution < 1.29 is 52.7 Å². The summed E-state index contributed by atoms with van der Waals surface area (Å²) in [6.07, 6.45) is 10.5. The van der Waals surface area contributed by atoms with E-state index in [1.54, 1.807) is 61.1 Å². The number of hydrogen-bond donors (Lipinski definition) is 11. The molecular weight excluding hydrogens is 1160 g/mol. The molecule has 27 nitrogen and oxygen atoms in total. The zero-order valence-corrected chi connectivity index (χ0v) is 50.8. The molecule has 3 fully saturated rings. The lowest BCUT2D eigenvalue weighted by atomic mass is 9.99. The second-order valence-corrected chi connectivity index (χ2v) is 23.2. The smallest absolute Gasteiger partial charge is 0.246 e. The van der Waals surface area contributed by atoms with E-state index in [1.165, 1.54) is 23.8 Å². The number of aliphatic imine (C=N–C) groups is 3. The topological polar surface area (TPSA) is 395 Å². The molecule has 9 atom stereocenters. The fraction of sp³-hybridized carbons (Fsp3) is 0.492. The standard InChI is InChI=1S/C63H82N16O11/c1-37(80)71-45-22-8-6-19-42(81)35-51(61(89)79-30-14-25-53(79)62(90)78-29-13-24-52(78)60(88)76-49(54(82)66-2)33-40-17-10-26-67-40)77-58(86)48(32-39-36-70-44-21-9-7-20-43(39)44)74-56(84)46(23-12-28-69-63(64)65)72-57(85)47(31-38-15-4-3-5-16-38)73-59(87)50(75-55(45)83)34-41-18-11-27-68-41/h3-5,7,9,15-18,20-21,26-27,36,45-53,70H,6,8,10-14,19,22-25,28-35H2,1-2H3,(H,66,82)(H,71,80)(H,72,85)(H,73,87)(H,74,84)(H,75,83)(H,76,88)(H,77,86)(H4,64,65,69)/t45-,46-,47+,48-,49-,50-,51-,52-,53-/m0/s1. The van der Waals surface area contributed by atoms with Crippen LogP contribution in [-0.2, 0) is 65.6 Å². The highest BCUT2D eigenvalue weighted by Crippen LogP contribution is 2.28. The molecule has 10 amide bonds. The van der Waals surface area contributed by atoms with Gasteiger partial charge in [0.15, 0.2) is 5.96 Å². The Kier molecular flexibility index (Phi) is 23.7. The molecule has 0 saturated carbocycles. The van der Waals surface area contributed by atoms with E-state index in [9.17, 15) is 38.4 Å². The number of likely N-dealkylation sites (N-methyl/N-ethyl adjacent to an activating group) is 1. The zero-order valence-electron chi connectivity index (χ0n) is 50.8. The van der Waals surface area contributed by atoms with Crippen molar-refractivity contribution in [3.05, 3.63) is 95.5 Å². The number of likely N-dealkylation sites (tertiary alicyclic amines) is 2. The first kappa shape index (κ1) is 66.4. The van der Waals surface area contributed by atoms with E-state index in [0.717, 1.165) is 5.52 Å². The number of amides is 10. The Morgan fingerprint density at radius 1 is 0.678 bits per heavy atom. The van der Waals surface area contributed by atoms with Crippen molar-refractivity contribution in [1.29, 1.82) is 0 Å². The number of nitrogens with one attached hydrogen (secondary N) is 9. The van der Waals surface area contributed by atoms with Crippen LogP contribution >= 0.6 is 0 Å². The fourth-order valence-corrected chi connectivity index (χ4v) is 12.0. The van der Waals surface area contributed by atoms with Crippen molar-refractivity contribution in [2.24, 2.45) is 26.4 Å². The van der Waals surface area contributed by atoms with Gasteiger partial charge < -0.3 is 68.8 Å². The van der Waals surface area contributed by atoms with Crippen LogP contribution in [0.4, 0.5) is 0 Å². The van der Waals surface area contributed by atoms with E-state index in [1.807, 2.05) is 24.3 Å². The van der Waals surface area contributed by atoms with E-state index in [2.05, 4.69) is 62.5 Å². The van der Waals surface area contributed by atoms with E-state index < -0.39 is 126 Å². The first-order valence-corrected chi connectivity index (χ1v) is 30.9. The van der Waals surface area contributed by atoms with Crippen LogP contribution < -0.4 is 54.0 Å². The van der Waals surface area contributed by atoms with Crippen LogP contribution in [0, 0.1) is 0 Å². The van der Waals surface area contributed by atoms with Gasteiger partial charge in [-0.2, -0.15) is 0 Å². The van der Waals surface area contributed by atoms with Crippen LogP contribution in [0.2, 0.25) is 0 Å². The first-order chi connectivity index (χ1) is 43.3. The molecule has 13 N–H and O–H groups in total. The third-order valence-electron chi connectivity index (χ3n) is 16.6. The Morgan fingerprint density at radius 2 is 1.29 bits per heavy atom. The summed E-state index contributed by atoms with van der Waals surface area (Å²) < 4.78 is 0. The maximum absolute atomic E-state index is 15.3. The van der Waals surface area contributed by atoms with Gasteiger partial charge in [-0.05, 0) is 68.6 Å². The van der Waals surface area contributed by atoms with E-state index in [0.29, 0.717) is 53.6 Å². The zero-order chi connectivity index (χ0) is 64.3. The normalized spacial score (nSPS) is 24.2. The molecule has 1 aromatic heterocycles. The summed E-state index contributed by atoms with van der Waals surface area (Å²) in [5.74, 6) is -7.57. The first-order valence-electron chi connectivity index (χ1n) is 30.9. The summed E-state index contributed by atoms with van der Waals surface area (Å²) >= 11 is 0. The summed E-state index contributed by atoms with van der Waals surface area (Å²) in [5.41, 5.74) is 14.4. The number of hydrogen-bond acceptors (Lipinski definition) is 14. The molecule has 5 aliphatic rings. The Labute approximate surface area is 521 Å². The number of nitrogens with two attached hydrogens (primary N) is 2. The van der Waals surface area contributed by atoms with Crippen molar-refractivity contribution >= 4 is 94.1 Å². The summed E-state index contributed by atoms with van der Waals surface area (Å²) in [4.78, 5) is 177. The Morgan fingerprint density at radius 3 is 1.97 bits per heavy atom. The Hall–Kier alpha value is -9.56. The third-order valence-corrected chi connectivity index (χ3v) is 16.6. The van der Waals surface area contributed by atoms with Gasteiger partial charge in [-0.1, -0.05) is 67.1 Å². The maximum atomic E-state index is 15.3. The fourth-order valence-electron chi connectivity index (χ4n) is 12.0. The van der Waals surface area contributed by atoms with Crippen LogP contribution in [0.25, 0.3) is 10.9 Å². The number of carbonyl (C=O) groups excluding carboxylic acids is 11. The van der Waals surface area contributed by atoms with Gasteiger partial charge in [0.25, 0.3) is 0 Å². The molecule has 0 unspecified atom stereocenters. The summed E-state index contributed by atoms with van der Waals surface area (Å²) in [7, 11) is 1.45. The minimum atomic E-state index is -1.61. The van der Waals surface area contributed by atoms with Gasteiger partial charge in [0.2, 0.25) is 59.1 Å². The minimum absolute atomic E-state index is 0.0119. The number of rotatable bonds is 18. The monoisotopic (exact) mass is 1240 g/mol. The van der Waals surface area contributed by atoms with Crippen LogP contribution in [0.3, 0.4) is 0 Å². The molecule has 3 aromatic rings. The van der Waals surface area contributed by atoms with Crippen LogP contribution in [0.1, 0.15) is 114 Å². The molecule has 3 saturated heterocycles. The van der Waals surface area contributed by atoms with Gasteiger partial charge in [-0.25, -0.2) is 0 Å². The molecule has 6 heterocycles. The molecular formula is C63H82N16O11. The quantitative estimate of drug-likeness (QED) is 0.0461. The number of ketones is 1. The molecule has 0 radical (unpaired) electrons. The van der Waals surface area contributed by atoms with E-state index >= 15 is 14.4 Å². The van der Waals surface area contributed by atoms with Crippen LogP contribution in [0.5, 0.6) is 0 Å². The highest BCUT2D eigenvalue weighted by Gasteiger charge is 2.45. The SMILES string of the molecule is CNC(=O)[C@H](CC1=CCC=N1)NC(=O)[C@@H]1CCCN1C(=O)[C@@H]1CCCN1C(=O)[C@@H]1CC(=O)CCCC[C@H](NC(C)=O)C(=O)N[C@@H](CC2=CCC=N2)C(=O)N[C@H](Cc2ccccc2)C(=O)N[C@@H](CCCN=C(N)N)C(=O)N[C@@H](Cc2c[nH]c3ccccc23)C(=O)N1. The second kappa shape index (κ2) is 32.1. The average Bonchev–Trinajstić information content (AvgIpc) is 1.71. The highest BCUT2D eigenvalue weighted by atomic mass is 16.2. The van der Waals surface area contributed by atoms with Gasteiger partial charge in [-0.3, -0.25) is 67.7 Å². The number of aromatic amines is 1. The largest absolute Gasteiger partial charge is 0.370 e. The number of aromatic nitrogens is 1. The van der Waals surface area contributed by atoms with Gasteiger partial charge in [0, 0.05) is 126 Å². The Balaban J connectivity index is 1.13. The second-order valence-electron chi connectivity index (χ2n) is 23.2. The van der Waals surface area contributed by atoms with Crippen molar-refractivity contribution in [3.63, 3.8) is 0 Å². The highest BCUT2D eigenvalue weighted by molar-refractivity contribution is 6.00. The third kappa shape index (κ3) is 18.3. The van der Waals surface area contributed by atoms with Gasteiger partial charge in [-0.15, -0.1) is 0 Å². The van der Waals surface area contributed by atoms with Crippen molar-refractivity contribution in [2.75, 3.05) is 26.7 Å². The molecule has 480 valence electrons. The average molecular weight is 1240 g/mol.